The molecule has 0 fully saturated rings. The number of hydroxylamine groups is 1. The lowest BCUT2D eigenvalue weighted by atomic mass is 10.3. The first-order valence-electron chi connectivity index (χ1n) is 4.38. The average Bonchev–Trinajstić information content (AvgIpc) is 2.27. The van der Waals surface area contributed by atoms with Crippen LogP contribution in [0.3, 0.4) is 0 Å². The van der Waals surface area contributed by atoms with E-state index in [4.69, 9.17) is 9.94 Å². The maximum Gasteiger partial charge on any atom is 0.213 e. The second kappa shape index (κ2) is 5.82. The van der Waals surface area contributed by atoms with E-state index < -0.39 is 6.10 Å². The van der Waals surface area contributed by atoms with Crippen LogP contribution in [0.5, 0.6) is 5.75 Å². The number of hydrogen-bond donors (Lipinski definition) is 2. The molecule has 1 rings (SSSR count). The van der Waals surface area contributed by atoms with Crippen LogP contribution in [-0.2, 0) is 0 Å². The van der Waals surface area contributed by atoms with Crippen molar-refractivity contribution < 1.29 is 19.9 Å². The van der Waals surface area contributed by atoms with Crippen LogP contribution in [0.15, 0.2) is 35.6 Å². The minimum absolute atomic E-state index is 0.0149. The lowest BCUT2D eigenvalue weighted by molar-refractivity contribution is -0.563. The first-order valence-corrected chi connectivity index (χ1v) is 4.38. The van der Waals surface area contributed by atoms with Crippen molar-refractivity contribution in [3.8, 4) is 5.75 Å². The Morgan fingerprint density at radius 3 is 2.67 bits per heavy atom. The monoisotopic (exact) mass is 212 g/mol. The molecule has 0 radical (unpaired) electrons. The molecule has 0 spiro atoms. The van der Waals surface area contributed by atoms with E-state index in [2.05, 4.69) is 5.28 Å². The molecule has 82 valence electrons. The molecule has 0 unspecified atom stereocenters. The van der Waals surface area contributed by atoms with Crippen LogP contribution < -0.4 is 4.74 Å². The quantitative estimate of drug-likeness (QED) is 0.429. The van der Waals surface area contributed by atoms with Crippen LogP contribution >= 0.6 is 0 Å². The Balaban J connectivity index is 2.31. The van der Waals surface area contributed by atoms with Gasteiger partial charge in [-0.05, 0) is 12.1 Å². The largest absolute Gasteiger partial charge is 0.597 e. The van der Waals surface area contributed by atoms with Gasteiger partial charge in [0.25, 0.3) is 0 Å². The molecule has 1 aromatic rings. The maximum absolute atomic E-state index is 10.5. The molecule has 1 atom stereocenters. The summed E-state index contributed by atoms with van der Waals surface area (Å²) in [5.74, 6) is 0.606. The molecule has 0 aliphatic rings. The van der Waals surface area contributed by atoms with Crippen LogP contribution in [0.2, 0.25) is 0 Å². The number of hydrogen-bond acceptors (Lipinski definition) is 4. The predicted octanol–water partition coefficient (Wildman–Crippen LogP) is 0.778. The van der Waals surface area contributed by atoms with E-state index in [9.17, 15) is 10.3 Å². The molecule has 6 heteroatoms. The second-order valence-electron chi connectivity index (χ2n) is 2.90. The fourth-order valence-corrected chi connectivity index (χ4v) is 0.979. The van der Waals surface area contributed by atoms with E-state index in [0.29, 0.717) is 5.75 Å². The summed E-state index contributed by atoms with van der Waals surface area (Å²) in [7, 11) is 0. The Labute approximate surface area is 86.6 Å². The lowest BCUT2D eigenvalue weighted by Gasteiger charge is -2.09. The molecule has 0 amide bonds. The zero-order valence-corrected chi connectivity index (χ0v) is 7.98. The zero-order chi connectivity index (χ0) is 11.1. The first kappa shape index (κ1) is 11.3. The van der Waals surface area contributed by atoms with Gasteiger partial charge < -0.3 is 20.3 Å². The van der Waals surface area contributed by atoms with Crippen molar-refractivity contribution in [3.05, 3.63) is 35.5 Å². The summed E-state index contributed by atoms with van der Waals surface area (Å²) in [5.41, 5.74) is 0. The molecule has 6 nitrogen and oxygen atoms in total. The van der Waals surface area contributed by atoms with Gasteiger partial charge in [-0.2, -0.15) is 0 Å². The Bertz CT molecular complexity index is 315. The third-order valence-electron chi connectivity index (χ3n) is 1.65. The van der Waals surface area contributed by atoms with Crippen LogP contribution in [0.25, 0.3) is 0 Å². The number of aliphatic hydroxyl groups excluding tert-OH is 1. The van der Waals surface area contributed by atoms with Crippen molar-refractivity contribution in [2.45, 2.75) is 6.10 Å². The Morgan fingerprint density at radius 1 is 1.40 bits per heavy atom. The Kier molecular flexibility index (Phi) is 4.36. The summed E-state index contributed by atoms with van der Waals surface area (Å²) < 4.78 is 5.17. The van der Waals surface area contributed by atoms with E-state index in [1.165, 1.54) is 0 Å². The third-order valence-corrected chi connectivity index (χ3v) is 1.65. The molecular weight excluding hydrogens is 200 g/mol. The van der Waals surface area contributed by atoms with E-state index >= 15 is 0 Å². The molecule has 0 aromatic heterocycles. The van der Waals surface area contributed by atoms with Crippen LogP contribution in [0.1, 0.15) is 0 Å². The first-order chi connectivity index (χ1) is 7.22. The summed E-state index contributed by atoms with van der Waals surface area (Å²) in [6.45, 7) is -0.360. The van der Waals surface area contributed by atoms with Gasteiger partial charge in [0, 0.05) is 0 Å². The maximum atomic E-state index is 10.5. The Hall–Kier alpha value is -1.82. The highest BCUT2D eigenvalue weighted by atomic mass is 16.6. The number of para-hydroxylation sites is 1. The summed E-state index contributed by atoms with van der Waals surface area (Å²) in [4.78, 5) is -0.0149. The van der Waals surface area contributed by atoms with Gasteiger partial charge in [-0.1, -0.05) is 23.1 Å². The van der Waals surface area contributed by atoms with Crippen molar-refractivity contribution in [1.29, 1.82) is 0 Å². The van der Waals surface area contributed by atoms with Gasteiger partial charge >= 0.3 is 0 Å². The number of benzene rings is 1. The minimum Gasteiger partial charge on any atom is -0.597 e. The summed E-state index contributed by atoms with van der Waals surface area (Å²) in [6, 6.07) is 8.90. The highest BCUT2D eigenvalue weighted by Crippen LogP contribution is 2.08. The molecule has 0 saturated carbocycles. The van der Waals surface area contributed by atoms with E-state index in [1.807, 2.05) is 6.07 Å². The number of nitrogens with zero attached hydrogens (tertiary/aromatic N) is 2. The van der Waals surface area contributed by atoms with Gasteiger partial charge in [-0.15, -0.1) is 0 Å². The van der Waals surface area contributed by atoms with Crippen molar-refractivity contribution >= 4 is 0 Å². The van der Waals surface area contributed by atoms with Gasteiger partial charge in [-0.3, -0.25) is 0 Å². The summed E-state index contributed by atoms with van der Waals surface area (Å²) in [6.07, 6.45) is -1.00. The predicted molar refractivity (Wildman–Crippen MR) is 50.7 cm³/mol. The molecule has 15 heavy (non-hydrogen) atoms. The fraction of sp³-hybridized carbons (Fsp3) is 0.333. The summed E-state index contributed by atoms with van der Waals surface area (Å²) >= 11 is 0. The topological polar surface area (TPSA) is 88.1 Å². The van der Waals surface area contributed by atoms with Gasteiger partial charge in [0.1, 0.15) is 12.4 Å². The molecule has 0 aliphatic carbocycles. The normalized spacial score (nSPS) is 13.5. The molecule has 0 heterocycles. The van der Waals surface area contributed by atoms with Crippen LogP contribution in [0.4, 0.5) is 0 Å². The Morgan fingerprint density at radius 2 is 2.07 bits per heavy atom. The lowest BCUT2D eigenvalue weighted by Crippen LogP contribution is -2.26. The molecular formula is C9H12N2O4. The van der Waals surface area contributed by atoms with Crippen molar-refractivity contribution in [3.63, 3.8) is 0 Å². The smallest absolute Gasteiger partial charge is 0.213 e. The second-order valence-corrected chi connectivity index (χ2v) is 2.90. The molecule has 0 saturated heterocycles. The standard InChI is InChI=1S/C9H12N2O4/c12-8(6-11(14)10-13)7-15-9-4-2-1-3-5-9/h1-5,8,12-13H,6-7H2/t8-/m0/s1. The fourth-order valence-electron chi connectivity index (χ4n) is 0.979. The summed E-state index contributed by atoms with van der Waals surface area (Å²) in [5, 5.41) is 30.2. The number of ether oxygens (including phenoxy) is 1. The molecule has 2 N–H and O–H groups in total. The highest BCUT2D eigenvalue weighted by molar-refractivity contribution is 5.20. The SMILES string of the molecule is [O-][N+](C[C@H](O)COc1ccccc1)=NO. The van der Waals surface area contributed by atoms with E-state index in [0.717, 1.165) is 0 Å². The van der Waals surface area contributed by atoms with E-state index in [-0.39, 0.29) is 18.0 Å². The number of aliphatic hydroxyl groups is 1. The van der Waals surface area contributed by atoms with Crippen molar-refractivity contribution in [1.82, 2.24) is 0 Å². The number of rotatable bonds is 5. The zero-order valence-electron chi connectivity index (χ0n) is 7.98. The van der Waals surface area contributed by atoms with Gasteiger partial charge in [0.05, 0.1) is 0 Å². The van der Waals surface area contributed by atoms with Gasteiger partial charge in [-0.25, -0.2) is 0 Å². The molecule has 0 bridgehead atoms. The van der Waals surface area contributed by atoms with Crippen molar-refractivity contribution in [2.24, 2.45) is 5.28 Å². The molecule has 0 aliphatic heterocycles. The van der Waals surface area contributed by atoms with Crippen LogP contribution in [0, 0.1) is 5.21 Å². The molecule has 1 aromatic carbocycles. The van der Waals surface area contributed by atoms with Gasteiger partial charge in [0.2, 0.25) is 6.54 Å². The van der Waals surface area contributed by atoms with Gasteiger partial charge in [0.15, 0.2) is 11.4 Å². The minimum atomic E-state index is -1.00. The highest BCUT2D eigenvalue weighted by Gasteiger charge is 2.11. The van der Waals surface area contributed by atoms with E-state index in [1.54, 1.807) is 24.3 Å². The third kappa shape index (κ3) is 4.28. The average molecular weight is 212 g/mol. The van der Waals surface area contributed by atoms with Crippen molar-refractivity contribution in [2.75, 3.05) is 13.2 Å². The van der Waals surface area contributed by atoms with Crippen LogP contribution in [-0.4, -0.2) is 34.4 Å².